The zero-order valence-electron chi connectivity index (χ0n) is 13.2. The van der Waals surface area contributed by atoms with Crippen molar-refractivity contribution in [1.82, 2.24) is 19.2 Å². The fourth-order valence-electron chi connectivity index (χ4n) is 2.43. The average molecular weight is 306 g/mol. The molecular formula is C13H30N4O2S. The zero-order valence-corrected chi connectivity index (χ0v) is 14.0. The van der Waals surface area contributed by atoms with Gasteiger partial charge in [-0.2, -0.15) is 12.7 Å². The van der Waals surface area contributed by atoms with Gasteiger partial charge in [-0.1, -0.05) is 0 Å². The second-order valence-electron chi connectivity index (χ2n) is 5.88. The topological polar surface area (TPSA) is 64.7 Å². The van der Waals surface area contributed by atoms with Gasteiger partial charge >= 0.3 is 0 Å². The predicted octanol–water partition coefficient (Wildman–Crippen LogP) is 0.0924. The van der Waals surface area contributed by atoms with Crippen LogP contribution in [0.1, 0.15) is 26.7 Å². The van der Waals surface area contributed by atoms with E-state index in [2.05, 4.69) is 28.8 Å². The maximum Gasteiger partial charge on any atom is 0.279 e. The molecule has 1 atom stereocenters. The van der Waals surface area contributed by atoms with Crippen LogP contribution in [-0.2, 0) is 10.2 Å². The summed E-state index contributed by atoms with van der Waals surface area (Å²) in [7, 11) is 0.171. The van der Waals surface area contributed by atoms with E-state index in [1.165, 1.54) is 4.31 Å². The third-order valence-corrected chi connectivity index (χ3v) is 5.45. The Morgan fingerprint density at radius 1 is 1.40 bits per heavy atom. The quantitative estimate of drug-likeness (QED) is 0.593. The van der Waals surface area contributed by atoms with Crippen LogP contribution in [0.4, 0.5) is 0 Å². The smallest absolute Gasteiger partial charge is 0.279 e. The van der Waals surface area contributed by atoms with E-state index in [1.54, 1.807) is 7.05 Å². The van der Waals surface area contributed by atoms with E-state index in [-0.39, 0.29) is 0 Å². The minimum absolute atomic E-state index is 0.429. The number of nitrogens with one attached hydrogen (secondary N) is 2. The Morgan fingerprint density at radius 2 is 2.10 bits per heavy atom. The van der Waals surface area contributed by atoms with Gasteiger partial charge in [-0.05, 0) is 52.7 Å². The van der Waals surface area contributed by atoms with Crippen molar-refractivity contribution in [3.63, 3.8) is 0 Å². The van der Waals surface area contributed by atoms with Gasteiger partial charge in [0, 0.05) is 32.7 Å². The Labute approximate surface area is 124 Å². The Kier molecular flexibility index (Phi) is 7.39. The summed E-state index contributed by atoms with van der Waals surface area (Å²) in [6.45, 7) is 8.34. The van der Waals surface area contributed by atoms with Gasteiger partial charge in [0.1, 0.15) is 0 Å². The van der Waals surface area contributed by atoms with E-state index in [1.807, 2.05) is 7.05 Å². The lowest BCUT2D eigenvalue weighted by molar-refractivity contribution is 0.265. The summed E-state index contributed by atoms with van der Waals surface area (Å²) in [5.41, 5.74) is 0. The number of rotatable bonds is 9. The lowest BCUT2D eigenvalue weighted by Gasteiger charge is -2.21. The van der Waals surface area contributed by atoms with Crippen LogP contribution in [0.2, 0.25) is 0 Å². The van der Waals surface area contributed by atoms with Crippen LogP contribution in [0.15, 0.2) is 0 Å². The van der Waals surface area contributed by atoms with E-state index >= 15 is 0 Å². The molecule has 0 bridgehead atoms. The summed E-state index contributed by atoms with van der Waals surface area (Å²) in [6, 6.07) is 0.542. The fourth-order valence-corrected chi connectivity index (χ4v) is 3.47. The molecule has 0 aromatic heterocycles. The van der Waals surface area contributed by atoms with Crippen molar-refractivity contribution in [1.29, 1.82) is 0 Å². The first-order valence-corrected chi connectivity index (χ1v) is 8.90. The summed E-state index contributed by atoms with van der Waals surface area (Å²) in [5, 5.41) is 3.02. The molecule has 0 spiro atoms. The highest BCUT2D eigenvalue weighted by Gasteiger charge is 2.26. The highest BCUT2D eigenvalue weighted by Crippen LogP contribution is 2.17. The first-order valence-electron chi connectivity index (χ1n) is 7.46. The molecule has 120 valence electrons. The SMILES string of the molecule is CNCCCN(C)S(=O)(=O)NCC1CCN(C(C)C)C1. The van der Waals surface area contributed by atoms with Crippen molar-refractivity contribution >= 4 is 10.2 Å². The summed E-state index contributed by atoms with van der Waals surface area (Å²) < 4.78 is 28.3. The molecular weight excluding hydrogens is 276 g/mol. The molecule has 0 aromatic rings. The molecule has 0 aromatic carbocycles. The van der Waals surface area contributed by atoms with E-state index < -0.39 is 10.2 Å². The van der Waals surface area contributed by atoms with Crippen LogP contribution in [0.25, 0.3) is 0 Å². The first-order chi connectivity index (χ1) is 9.36. The normalized spacial score (nSPS) is 21.2. The average Bonchev–Trinajstić information content (AvgIpc) is 2.85. The van der Waals surface area contributed by atoms with Crippen LogP contribution in [-0.4, -0.2) is 70.5 Å². The van der Waals surface area contributed by atoms with Gasteiger partial charge in [0.05, 0.1) is 0 Å². The minimum Gasteiger partial charge on any atom is -0.320 e. The largest absolute Gasteiger partial charge is 0.320 e. The van der Waals surface area contributed by atoms with Crippen LogP contribution < -0.4 is 10.0 Å². The van der Waals surface area contributed by atoms with Gasteiger partial charge in [0.15, 0.2) is 0 Å². The zero-order chi connectivity index (χ0) is 15.2. The predicted molar refractivity (Wildman–Crippen MR) is 82.9 cm³/mol. The van der Waals surface area contributed by atoms with Crippen molar-refractivity contribution in [2.75, 3.05) is 46.8 Å². The van der Waals surface area contributed by atoms with Gasteiger partial charge in [0.25, 0.3) is 10.2 Å². The first kappa shape index (κ1) is 17.8. The molecule has 7 heteroatoms. The lowest BCUT2D eigenvalue weighted by Crippen LogP contribution is -2.41. The van der Waals surface area contributed by atoms with E-state index in [9.17, 15) is 8.42 Å². The molecule has 1 aliphatic heterocycles. The van der Waals surface area contributed by atoms with Crippen molar-refractivity contribution in [2.24, 2.45) is 5.92 Å². The standard InChI is InChI=1S/C13H30N4O2S/c1-12(2)17-9-6-13(11-17)10-15-20(18,19)16(4)8-5-7-14-3/h12-15H,5-11H2,1-4H3. The van der Waals surface area contributed by atoms with E-state index in [0.717, 1.165) is 32.5 Å². The van der Waals surface area contributed by atoms with Crippen LogP contribution in [0, 0.1) is 5.92 Å². The molecule has 1 unspecified atom stereocenters. The fraction of sp³-hybridized carbons (Fsp3) is 1.00. The van der Waals surface area contributed by atoms with Gasteiger partial charge < -0.3 is 10.2 Å². The number of nitrogens with zero attached hydrogens (tertiary/aromatic N) is 2. The summed E-state index contributed by atoms with van der Waals surface area (Å²) in [5.74, 6) is 0.429. The van der Waals surface area contributed by atoms with Crippen molar-refractivity contribution in [3.8, 4) is 0 Å². The summed E-state index contributed by atoms with van der Waals surface area (Å²) in [6.07, 6.45) is 1.89. The Balaban J connectivity index is 2.32. The molecule has 1 heterocycles. The number of hydrogen-bond acceptors (Lipinski definition) is 4. The molecule has 1 fully saturated rings. The third kappa shape index (κ3) is 5.65. The molecule has 0 radical (unpaired) electrons. The van der Waals surface area contributed by atoms with Gasteiger partial charge in [-0.15, -0.1) is 0 Å². The van der Waals surface area contributed by atoms with E-state index in [4.69, 9.17) is 0 Å². The maximum absolute atomic E-state index is 12.1. The molecule has 2 N–H and O–H groups in total. The van der Waals surface area contributed by atoms with Gasteiger partial charge in [-0.25, -0.2) is 4.72 Å². The van der Waals surface area contributed by atoms with Crippen molar-refractivity contribution in [3.05, 3.63) is 0 Å². The molecule has 6 nitrogen and oxygen atoms in total. The molecule has 1 rings (SSSR count). The van der Waals surface area contributed by atoms with Crippen LogP contribution >= 0.6 is 0 Å². The Bertz CT molecular complexity index is 373. The van der Waals surface area contributed by atoms with Crippen molar-refractivity contribution in [2.45, 2.75) is 32.7 Å². The monoisotopic (exact) mass is 306 g/mol. The molecule has 1 aliphatic rings. The molecule has 1 saturated heterocycles. The maximum atomic E-state index is 12.1. The highest BCUT2D eigenvalue weighted by atomic mass is 32.2. The number of hydrogen-bond donors (Lipinski definition) is 2. The molecule has 0 aliphatic carbocycles. The summed E-state index contributed by atoms with van der Waals surface area (Å²) in [4.78, 5) is 2.40. The van der Waals surface area contributed by atoms with Gasteiger partial charge in [0.2, 0.25) is 0 Å². The molecule has 20 heavy (non-hydrogen) atoms. The van der Waals surface area contributed by atoms with Crippen LogP contribution in [0.3, 0.4) is 0 Å². The lowest BCUT2D eigenvalue weighted by atomic mass is 10.1. The Hall–Kier alpha value is -0.210. The van der Waals surface area contributed by atoms with Crippen LogP contribution in [0.5, 0.6) is 0 Å². The Morgan fingerprint density at radius 3 is 2.65 bits per heavy atom. The van der Waals surface area contributed by atoms with E-state index in [0.29, 0.717) is 25.0 Å². The third-order valence-electron chi connectivity index (χ3n) is 3.91. The second-order valence-corrected chi connectivity index (χ2v) is 7.74. The summed E-state index contributed by atoms with van der Waals surface area (Å²) >= 11 is 0. The van der Waals surface area contributed by atoms with Crippen molar-refractivity contribution < 1.29 is 8.42 Å². The minimum atomic E-state index is -3.33. The second kappa shape index (κ2) is 8.29. The number of likely N-dealkylation sites (tertiary alicyclic amines) is 1. The molecule has 0 saturated carbocycles. The molecule has 0 amide bonds. The van der Waals surface area contributed by atoms with Gasteiger partial charge in [-0.3, -0.25) is 0 Å². The highest BCUT2D eigenvalue weighted by molar-refractivity contribution is 7.87.